The fourth-order valence-electron chi connectivity index (χ4n) is 3.79. The van der Waals surface area contributed by atoms with Crippen LogP contribution in [0, 0.1) is 36.8 Å². The van der Waals surface area contributed by atoms with Crippen molar-refractivity contribution in [1.82, 2.24) is 0 Å². The number of allylic oxidation sites excluding steroid dienone is 4. The third-order valence-electron chi connectivity index (χ3n) is 5.95. The van der Waals surface area contributed by atoms with Crippen LogP contribution in [0.25, 0.3) is 22.4 Å². The van der Waals surface area contributed by atoms with Crippen LogP contribution in [0.4, 0.5) is 0 Å². The van der Waals surface area contributed by atoms with Crippen LogP contribution in [0.3, 0.4) is 0 Å². The Kier molecular flexibility index (Phi) is 9.38. The molecule has 4 rings (SSSR count). The van der Waals surface area contributed by atoms with Crippen molar-refractivity contribution in [3.8, 4) is 0 Å². The van der Waals surface area contributed by atoms with Crippen LogP contribution in [0.5, 0.6) is 0 Å². The van der Waals surface area contributed by atoms with Crippen molar-refractivity contribution in [1.29, 1.82) is 0 Å². The molecule has 2 nitrogen and oxygen atoms in total. The van der Waals surface area contributed by atoms with Gasteiger partial charge in [-0.1, -0.05) is 76.6 Å². The predicted octanol–water partition coefficient (Wildman–Crippen LogP) is 8.58. The second-order valence-electron chi connectivity index (χ2n) is 11.3. The Morgan fingerprint density at radius 3 is 2.22 bits per heavy atom. The largest absolute Gasteiger partial charge is 0.511 e. The first-order valence-electron chi connectivity index (χ1n) is 12.1. The Morgan fingerprint density at radius 2 is 1.61 bits per heavy atom. The molecular weight excluding hydrogens is 621 g/mol. The van der Waals surface area contributed by atoms with Crippen LogP contribution >= 0.6 is 0 Å². The molecular formula is C33H37IrO2+. The molecule has 0 spiro atoms. The molecule has 0 bridgehead atoms. The second kappa shape index (κ2) is 11.5. The molecule has 1 aliphatic rings. The molecule has 3 aromatic carbocycles. The van der Waals surface area contributed by atoms with Gasteiger partial charge in [-0.3, -0.25) is 4.79 Å². The first-order valence-corrected chi connectivity index (χ1v) is 12.1. The molecule has 0 aliphatic heterocycles. The number of ketones is 1. The third kappa shape index (κ3) is 7.11. The second-order valence-corrected chi connectivity index (χ2v) is 11.3. The Bertz CT molecular complexity index is 1320. The number of aryl methyl sites for hydroxylation is 2. The maximum atomic E-state index is 9.60. The van der Waals surface area contributed by atoms with Gasteiger partial charge in [-0.15, -0.1) is 17.2 Å². The van der Waals surface area contributed by atoms with E-state index in [2.05, 4.69) is 80.6 Å². The molecule has 0 saturated heterocycles. The summed E-state index contributed by atoms with van der Waals surface area (Å²) >= 11 is 0. The van der Waals surface area contributed by atoms with Gasteiger partial charge in [0.25, 0.3) is 0 Å². The van der Waals surface area contributed by atoms with Crippen LogP contribution in [-0.2, 0) is 20.1 Å². The van der Waals surface area contributed by atoms with Gasteiger partial charge in [0.2, 0.25) is 0 Å². The van der Waals surface area contributed by atoms with E-state index >= 15 is 0 Å². The number of aliphatic hydroxyl groups is 1. The summed E-state index contributed by atoms with van der Waals surface area (Å²) in [4.78, 5) is 9.60. The van der Waals surface area contributed by atoms with Gasteiger partial charge >= 0.3 is 5.78 Å². The normalized spacial score (nSPS) is 13.0. The van der Waals surface area contributed by atoms with Gasteiger partial charge in [0.15, 0.2) is 0 Å². The number of hydrogen-bond acceptors (Lipinski definition) is 1. The minimum absolute atomic E-state index is 0. The van der Waals surface area contributed by atoms with E-state index in [0.29, 0.717) is 0 Å². The Hall–Kier alpha value is -2.83. The van der Waals surface area contributed by atoms with E-state index in [0.717, 1.165) is 11.1 Å². The number of carbonyl (C=O) groups excluding carboxylic acids is 1. The van der Waals surface area contributed by atoms with Crippen molar-refractivity contribution in [2.75, 3.05) is 0 Å². The molecule has 3 heteroatoms. The van der Waals surface area contributed by atoms with Crippen molar-refractivity contribution in [2.24, 2.45) is 10.8 Å². The van der Waals surface area contributed by atoms with Crippen molar-refractivity contribution >= 4 is 28.2 Å². The van der Waals surface area contributed by atoms with E-state index in [-0.39, 0.29) is 42.5 Å². The van der Waals surface area contributed by atoms with Crippen LogP contribution in [0.2, 0.25) is 0 Å². The summed E-state index contributed by atoms with van der Waals surface area (Å²) in [6.45, 7) is 15.6. The number of fused-ring (bicyclic) bond motifs is 3. The quantitative estimate of drug-likeness (QED) is 0.128. The van der Waals surface area contributed by atoms with E-state index in [1.54, 1.807) is 0 Å². The zero-order chi connectivity index (χ0) is 26.0. The summed E-state index contributed by atoms with van der Waals surface area (Å²) in [5, 5.41) is 12.2. The van der Waals surface area contributed by atoms with Crippen LogP contribution in [0.1, 0.15) is 69.4 Å². The molecule has 2 N–H and O–H groups in total. The molecule has 0 saturated carbocycles. The molecule has 0 amide bonds. The zero-order valence-corrected chi connectivity index (χ0v) is 25.0. The molecule has 0 atom stereocenters. The zero-order valence-electron chi connectivity index (χ0n) is 22.6. The summed E-state index contributed by atoms with van der Waals surface area (Å²) < 4.78 is 0. The van der Waals surface area contributed by atoms with Crippen molar-refractivity contribution in [2.45, 2.75) is 55.4 Å². The molecule has 189 valence electrons. The fourth-order valence-corrected chi connectivity index (χ4v) is 3.79. The molecule has 36 heavy (non-hydrogen) atoms. The fraction of sp³-hybridized carbons (Fsp3) is 0.303. The van der Waals surface area contributed by atoms with Gasteiger partial charge in [0.1, 0.15) is 5.76 Å². The number of rotatable bonds is 2. The van der Waals surface area contributed by atoms with Crippen LogP contribution in [0.15, 0.2) is 66.4 Å². The monoisotopic (exact) mass is 658 g/mol. The van der Waals surface area contributed by atoms with E-state index in [4.69, 9.17) is 0 Å². The Labute approximate surface area is 230 Å². The SMILES string of the molecule is CC(C)(C)C(=[OH+])/C=C(\O)C(C)(C)C.Cc1[c-]c(C2=[C+]C=Cc3c2ccc2ccccc32)cc(C)c1.[Ir]. The summed E-state index contributed by atoms with van der Waals surface area (Å²) in [5.41, 5.74) is 6.59. The Morgan fingerprint density at radius 1 is 0.944 bits per heavy atom. The van der Waals surface area contributed by atoms with E-state index in [9.17, 15) is 9.90 Å². The summed E-state index contributed by atoms with van der Waals surface area (Å²) in [7, 11) is 0. The first-order chi connectivity index (χ1) is 16.3. The number of aliphatic hydroxyl groups excluding tert-OH is 1. The molecule has 0 fully saturated rings. The summed E-state index contributed by atoms with van der Waals surface area (Å²) in [6, 6.07) is 20.7. The minimum Gasteiger partial charge on any atom is -0.511 e. The van der Waals surface area contributed by atoms with Crippen LogP contribution in [-0.4, -0.2) is 15.7 Å². The molecule has 0 unspecified atom stereocenters. The van der Waals surface area contributed by atoms with E-state index < -0.39 is 0 Å². The maximum Gasteiger partial charge on any atom is 0.325 e. The maximum absolute atomic E-state index is 9.60. The van der Waals surface area contributed by atoms with Gasteiger partial charge in [0.05, 0.1) is 28.7 Å². The van der Waals surface area contributed by atoms with Gasteiger partial charge < -0.3 is 5.11 Å². The average molecular weight is 658 g/mol. The van der Waals surface area contributed by atoms with Gasteiger partial charge in [0, 0.05) is 42.5 Å². The third-order valence-corrected chi connectivity index (χ3v) is 5.95. The molecule has 1 radical (unpaired) electrons. The molecule has 0 heterocycles. The van der Waals surface area contributed by atoms with Gasteiger partial charge in [-0.05, 0) is 44.4 Å². The standard InChI is InChI=1S/C22H16.C11H20O2.Ir/c1-15-12-16(2)14-18(13-15)20-8-5-9-21-19-7-4-3-6-17(19)10-11-22(20)21;1-10(2,3)8(12)7-9(13)11(4,5)6;/h3-7,9-13H,1-2H3;7,12H,1-6H3;/p+1/b;8-7-;. The van der Waals surface area contributed by atoms with Crippen molar-refractivity contribution < 1.29 is 30.0 Å². The van der Waals surface area contributed by atoms with Crippen molar-refractivity contribution in [3.63, 3.8) is 0 Å². The topological polar surface area (TPSA) is 41.6 Å². The molecule has 0 aromatic heterocycles. The minimum atomic E-state index is -0.306. The first kappa shape index (κ1) is 29.4. The smallest absolute Gasteiger partial charge is 0.325 e. The summed E-state index contributed by atoms with van der Waals surface area (Å²) in [6.07, 6.45) is 9.04. The summed E-state index contributed by atoms with van der Waals surface area (Å²) in [5.74, 6) is 0.417. The van der Waals surface area contributed by atoms with E-state index in [1.165, 1.54) is 39.1 Å². The van der Waals surface area contributed by atoms with Gasteiger partial charge in [-0.2, -0.15) is 0 Å². The van der Waals surface area contributed by atoms with Gasteiger partial charge in [-0.25, -0.2) is 0 Å². The predicted molar refractivity (Wildman–Crippen MR) is 150 cm³/mol. The number of hydrogen-bond donors (Lipinski definition) is 1. The van der Waals surface area contributed by atoms with Crippen LogP contribution < -0.4 is 0 Å². The Balaban J connectivity index is 0.000000285. The average Bonchev–Trinajstić information content (AvgIpc) is 2.77. The number of benzene rings is 3. The van der Waals surface area contributed by atoms with Crippen molar-refractivity contribution in [3.05, 3.63) is 106 Å². The molecule has 3 aromatic rings. The molecule has 1 aliphatic carbocycles. The van der Waals surface area contributed by atoms with E-state index in [1.807, 2.05) is 47.6 Å².